The molecule has 0 spiro atoms. The number of aryl methyl sites for hydroxylation is 2. The van der Waals surface area contributed by atoms with Crippen molar-refractivity contribution in [3.8, 4) is 5.75 Å². The number of rotatable bonds is 10. The van der Waals surface area contributed by atoms with Gasteiger partial charge in [0.2, 0.25) is 5.91 Å². The number of hydrogen-bond donors (Lipinski definition) is 1. The molecule has 2 rings (SSSR count). The fourth-order valence-corrected chi connectivity index (χ4v) is 3.83. The van der Waals surface area contributed by atoms with Gasteiger partial charge in [0.05, 0.1) is 4.47 Å². The molecule has 162 valence electrons. The molecule has 0 aliphatic rings. The molecule has 2 amide bonds. The number of carbonyl (C=O) groups is 2. The van der Waals surface area contributed by atoms with Crippen molar-refractivity contribution >= 4 is 27.7 Å². The number of halogens is 1. The Morgan fingerprint density at radius 1 is 1.13 bits per heavy atom. The van der Waals surface area contributed by atoms with Crippen LogP contribution < -0.4 is 10.1 Å². The van der Waals surface area contributed by atoms with Gasteiger partial charge in [-0.2, -0.15) is 0 Å². The van der Waals surface area contributed by atoms with E-state index in [-0.39, 0.29) is 18.4 Å². The van der Waals surface area contributed by atoms with Crippen LogP contribution in [0.2, 0.25) is 0 Å². The lowest BCUT2D eigenvalue weighted by Gasteiger charge is -2.31. The smallest absolute Gasteiger partial charge is 0.261 e. The molecule has 0 saturated carbocycles. The molecule has 0 saturated heterocycles. The van der Waals surface area contributed by atoms with E-state index in [1.807, 2.05) is 63.2 Å². The van der Waals surface area contributed by atoms with Crippen LogP contribution in [0.1, 0.15) is 43.9 Å². The van der Waals surface area contributed by atoms with E-state index >= 15 is 0 Å². The zero-order valence-electron chi connectivity index (χ0n) is 18.2. The van der Waals surface area contributed by atoms with Crippen molar-refractivity contribution in [2.75, 3.05) is 13.2 Å². The highest BCUT2D eigenvalue weighted by atomic mass is 79.9. The summed E-state index contributed by atoms with van der Waals surface area (Å²) in [6.45, 7) is 8.63. The Morgan fingerprint density at radius 2 is 1.87 bits per heavy atom. The first-order valence-electron chi connectivity index (χ1n) is 10.4. The van der Waals surface area contributed by atoms with E-state index in [1.165, 1.54) is 5.56 Å². The summed E-state index contributed by atoms with van der Waals surface area (Å²) < 4.78 is 6.63. The lowest BCUT2D eigenvalue weighted by atomic mass is 10.1. The first-order chi connectivity index (χ1) is 14.4. The minimum absolute atomic E-state index is 0.133. The van der Waals surface area contributed by atoms with Gasteiger partial charge < -0.3 is 15.0 Å². The molecule has 0 bridgehead atoms. The standard InChI is InChI=1S/C24H31BrN2O3/c1-5-18-12-13-22(20(25)14-18)30-16-23(28)27(21(6-2)24(29)26-7-3)15-19-11-9-8-10-17(19)4/h8-14,21H,5-7,15-16H2,1-4H3,(H,26,29). The third-order valence-corrected chi connectivity index (χ3v) is 5.71. The van der Waals surface area contributed by atoms with Crippen molar-refractivity contribution in [1.82, 2.24) is 10.2 Å². The monoisotopic (exact) mass is 474 g/mol. The summed E-state index contributed by atoms with van der Waals surface area (Å²) in [7, 11) is 0. The molecule has 0 aliphatic heterocycles. The van der Waals surface area contributed by atoms with Crippen molar-refractivity contribution in [2.45, 2.75) is 53.1 Å². The number of nitrogens with zero attached hydrogens (tertiary/aromatic N) is 1. The zero-order chi connectivity index (χ0) is 22.1. The fraction of sp³-hybridized carbons (Fsp3) is 0.417. The molecule has 2 aromatic rings. The molecule has 30 heavy (non-hydrogen) atoms. The van der Waals surface area contributed by atoms with E-state index in [9.17, 15) is 9.59 Å². The van der Waals surface area contributed by atoms with Gasteiger partial charge in [-0.1, -0.05) is 44.2 Å². The Labute approximate surface area is 187 Å². The Morgan fingerprint density at radius 3 is 2.47 bits per heavy atom. The van der Waals surface area contributed by atoms with Crippen molar-refractivity contribution in [1.29, 1.82) is 0 Å². The van der Waals surface area contributed by atoms with Crippen molar-refractivity contribution < 1.29 is 14.3 Å². The van der Waals surface area contributed by atoms with E-state index in [0.29, 0.717) is 25.3 Å². The van der Waals surface area contributed by atoms with Gasteiger partial charge in [-0.3, -0.25) is 9.59 Å². The second-order valence-corrected chi connectivity index (χ2v) is 8.03. The average molecular weight is 475 g/mol. The molecular weight excluding hydrogens is 444 g/mol. The quantitative estimate of drug-likeness (QED) is 0.545. The first-order valence-corrected chi connectivity index (χ1v) is 11.2. The topological polar surface area (TPSA) is 58.6 Å². The molecule has 0 aromatic heterocycles. The van der Waals surface area contributed by atoms with Gasteiger partial charge in [0.1, 0.15) is 11.8 Å². The van der Waals surface area contributed by atoms with Crippen LogP contribution in [-0.4, -0.2) is 35.9 Å². The molecule has 0 aliphatic carbocycles. The van der Waals surface area contributed by atoms with Crippen LogP contribution in [0.25, 0.3) is 0 Å². The van der Waals surface area contributed by atoms with E-state index in [1.54, 1.807) is 4.90 Å². The third kappa shape index (κ3) is 6.33. The van der Waals surface area contributed by atoms with Crippen LogP contribution in [0.3, 0.4) is 0 Å². The largest absolute Gasteiger partial charge is 0.483 e. The summed E-state index contributed by atoms with van der Waals surface area (Å²) in [5, 5.41) is 2.85. The summed E-state index contributed by atoms with van der Waals surface area (Å²) in [4.78, 5) is 27.4. The van der Waals surface area contributed by atoms with Crippen LogP contribution in [0.5, 0.6) is 5.75 Å². The third-order valence-electron chi connectivity index (χ3n) is 5.09. The van der Waals surface area contributed by atoms with Gasteiger partial charge in [-0.15, -0.1) is 0 Å². The Balaban J connectivity index is 2.22. The number of likely N-dealkylation sites (N-methyl/N-ethyl adjacent to an activating group) is 1. The van der Waals surface area contributed by atoms with Crippen LogP contribution in [0, 0.1) is 6.92 Å². The Kier molecular flexibility index (Phi) is 9.37. The molecule has 5 nitrogen and oxygen atoms in total. The number of hydrogen-bond acceptors (Lipinski definition) is 3. The van der Waals surface area contributed by atoms with Gasteiger partial charge in [-0.25, -0.2) is 0 Å². The zero-order valence-corrected chi connectivity index (χ0v) is 19.8. The first kappa shape index (κ1) is 23.9. The predicted octanol–water partition coefficient (Wildman–Crippen LogP) is 4.64. The Hall–Kier alpha value is -2.34. The lowest BCUT2D eigenvalue weighted by molar-refractivity contribution is -0.142. The second kappa shape index (κ2) is 11.7. The number of nitrogens with one attached hydrogen (secondary N) is 1. The second-order valence-electron chi connectivity index (χ2n) is 7.17. The van der Waals surface area contributed by atoms with E-state index < -0.39 is 6.04 Å². The van der Waals surface area contributed by atoms with E-state index in [0.717, 1.165) is 22.0 Å². The number of benzene rings is 2. The van der Waals surface area contributed by atoms with Crippen molar-refractivity contribution in [3.05, 3.63) is 63.6 Å². The minimum atomic E-state index is -0.549. The summed E-state index contributed by atoms with van der Waals surface area (Å²) >= 11 is 3.51. The normalized spacial score (nSPS) is 11.6. The molecule has 1 atom stereocenters. The highest BCUT2D eigenvalue weighted by molar-refractivity contribution is 9.10. The summed E-state index contributed by atoms with van der Waals surface area (Å²) in [5.74, 6) is 0.251. The summed E-state index contributed by atoms with van der Waals surface area (Å²) in [6, 6.07) is 13.2. The molecule has 0 radical (unpaired) electrons. The van der Waals surface area contributed by atoms with Crippen LogP contribution in [0.4, 0.5) is 0 Å². The van der Waals surface area contributed by atoms with Crippen LogP contribution in [0.15, 0.2) is 46.9 Å². The van der Waals surface area contributed by atoms with Crippen molar-refractivity contribution in [3.63, 3.8) is 0 Å². The molecule has 1 N–H and O–H groups in total. The maximum atomic E-state index is 13.2. The highest BCUT2D eigenvalue weighted by Crippen LogP contribution is 2.26. The molecule has 6 heteroatoms. The maximum Gasteiger partial charge on any atom is 0.261 e. The van der Waals surface area contributed by atoms with Gasteiger partial charge in [-0.05, 0) is 71.4 Å². The van der Waals surface area contributed by atoms with Gasteiger partial charge in [0.25, 0.3) is 5.91 Å². The summed E-state index contributed by atoms with van der Waals surface area (Å²) in [6.07, 6.45) is 1.45. The minimum Gasteiger partial charge on any atom is -0.483 e. The predicted molar refractivity (Wildman–Crippen MR) is 124 cm³/mol. The molecule has 2 aromatic carbocycles. The number of carbonyl (C=O) groups excluding carboxylic acids is 2. The molecular formula is C24H31BrN2O3. The number of amides is 2. The molecule has 0 heterocycles. The van der Waals surface area contributed by atoms with Crippen LogP contribution >= 0.6 is 15.9 Å². The SMILES string of the molecule is CCNC(=O)C(CC)N(Cc1ccccc1C)C(=O)COc1ccc(CC)cc1Br. The van der Waals surface area contributed by atoms with Gasteiger partial charge in [0.15, 0.2) is 6.61 Å². The van der Waals surface area contributed by atoms with Gasteiger partial charge >= 0.3 is 0 Å². The average Bonchev–Trinajstić information content (AvgIpc) is 2.74. The highest BCUT2D eigenvalue weighted by Gasteiger charge is 2.29. The Bertz CT molecular complexity index is 869. The van der Waals surface area contributed by atoms with Crippen LogP contribution in [-0.2, 0) is 22.6 Å². The maximum absolute atomic E-state index is 13.2. The molecule has 1 unspecified atom stereocenters. The summed E-state index contributed by atoms with van der Waals surface area (Å²) in [5.41, 5.74) is 3.28. The number of ether oxygens (including phenoxy) is 1. The fourth-order valence-electron chi connectivity index (χ4n) is 3.29. The van der Waals surface area contributed by atoms with Crippen molar-refractivity contribution in [2.24, 2.45) is 0 Å². The van der Waals surface area contributed by atoms with E-state index in [4.69, 9.17) is 4.74 Å². The van der Waals surface area contributed by atoms with Gasteiger partial charge in [0, 0.05) is 13.1 Å². The van der Waals surface area contributed by atoms with E-state index in [2.05, 4.69) is 28.2 Å². The lowest BCUT2D eigenvalue weighted by Crippen LogP contribution is -2.50. The molecule has 0 fully saturated rings.